The minimum atomic E-state index is -0.315. The van der Waals surface area contributed by atoms with Gasteiger partial charge in [-0.25, -0.2) is 4.79 Å². The number of carbonyl (C=O) groups is 2. The highest BCUT2D eigenvalue weighted by atomic mass is 16.5. The Morgan fingerprint density at radius 3 is 2.30 bits per heavy atom. The van der Waals surface area contributed by atoms with E-state index in [-0.39, 0.29) is 17.9 Å². The molecule has 2 aliphatic heterocycles. The minimum absolute atomic E-state index is 0.0676. The Hall–Kier alpha value is -2.08. The maximum absolute atomic E-state index is 12.9. The van der Waals surface area contributed by atoms with Gasteiger partial charge in [-0.05, 0) is 57.4 Å². The maximum Gasteiger partial charge on any atom is 0.337 e. The van der Waals surface area contributed by atoms with Gasteiger partial charge >= 0.3 is 5.97 Å². The van der Waals surface area contributed by atoms with Crippen molar-refractivity contribution in [3.05, 3.63) is 29.8 Å². The van der Waals surface area contributed by atoms with Crippen LogP contribution in [0.1, 0.15) is 43.5 Å². The van der Waals surface area contributed by atoms with Crippen molar-refractivity contribution in [1.82, 2.24) is 9.80 Å². The van der Waals surface area contributed by atoms with Crippen LogP contribution in [-0.4, -0.2) is 73.6 Å². The van der Waals surface area contributed by atoms with E-state index in [4.69, 9.17) is 4.74 Å². The van der Waals surface area contributed by atoms with E-state index in [1.807, 2.05) is 24.0 Å². The average Bonchev–Trinajstić information content (AvgIpc) is 2.72. The lowest BCUT2D eigenvalue weighted by Crippen LogP contribution is -2.59. The fraction of sp³-hybridized carbons (Fsp3) is 0.619. The molecule has 0 bridgehead atoms. The molecule has 6 heteroatoms. The summed E-state index contributed by atoms with van der Waals surface area (Å²) in [6.45, 7) is 8.66. The van der Waals surface area contributed by atoms with Crippen LogP contribution < -0.4 is 4.90 Å². The van der Waals surface area contributed by atoms with Crippen molar-refractivity contribution in [2.45, 2.75) is 45.2 Å². The largest absolute Gasteiger partial charge is 0.465 e. The smallest absolute Gasteiger partial charge is 0.337 e. The quantitative estimate of drug-likeness (QED) is 0.759. The van der Waals surface area contributed by atoms with Gasteiger partial charge in [0, 0.05) is 44.5 Å². The highest BCUT2D eigenvalue weighted by Crippen LogP contribution is 2.22. The van der Waals surface area contributed by atoms with E-state index >= 15 is 0 Å². The highest BCUT2D eigenvalue weighted by molar-refractivity contribution is 5.89. The van der Waals surface area contributed by atoms with Crippen molar-refractivity contribution < 1.29 is 14.3 Å². The summed E-state index contributed by atoms with van der Waals surface area (Å²) in [5.74, 6) is -0.0396. The Bertz CT molecular complexity index is 655. The molecule has 1 amide bonds. The predicted molar refractivity (Wildman–Crippen MR) is 106 cm³/mol. The number of hydrogen-bond donors (Lipinski definition) is 0. The molecule has 0 N–H and O–H groups in total. The Morgan fingerprint density at radius 2 is 1.70 bits per heavy atom. The minimum Gasteiger partial charge on any atom is -0.465 e. The summed E-state index contributed by atoms with van der Waals surface area (Å²) in [5, 5.41) is 0. The van der Waals surface area contributed by atoms with Gasteiger partial charge in [-0.3, -0.25) is 9.69 Å². The lowest BCUT2D eigenvalue weighted by molar-refractivity contribution is -0.138. The van der Waals surface area contributed by atoms with Crippen molar-refractivity contribution in [1.29, 1.82) is 0 Å². The number of rotatable bonds is 4. The molecular weight excluding hydrogens is 342 g/mol. The van der Waals surface area contributed by atoms with E-state index < -0.39 is 0 Å². The van der Waals surface area contributed by atoms with Gasteiger partial charge in [-0.15, -0.1) is 0 Å². The van der Waals surface area contributed by atoms with Crippen molar-refractivity contribution in [3.8, 4) is 0 Å². The van der Waals surface area contributed by atoms with Crippen molar-refractivity contribution in [3.63, 3.8) is 0 Å². The number of esters is 1. The van der Waals surface area contributed by atoms with E-state index in [1.165, 1.54) is 13.5 Å². The van der Waals surface area contributed by atoms with Crippen LogP contribution in [0, 0.1) is 0 Å². The standard InChI is InChI=1S/C21H31N3O3/c1-16-15-23(19-9-7-18(8-10-19)21(26)27-3)13-14-24(16)17(2)20(25)22-11-5-4-6-12-22/h7-10,16-17H,4-6,11-15H2,1-3H3. The maximum atomic E-state index is 12.9. The topological polar surface area (TPSA) is 53.1 Å². The Morgan fingerprint density at radius 1 is 1.04 bits per heavy atom. The zero-order chi connectivity index (χ0) is 19.4. The number of carbonyl (C=O) groups excluding carboxylic acids is 2. The van der Waals surface area contributed by atoms with Crippen LogP contribution in [0.25, 0.3) is 0 Å². The molecule has 0 radical (unpaired) electrons. The number of amides is 1. The third kappa shape index (κ3) is 4.43. The number of benzene rings is 1. The van der Waals surface area contributed by atoms with Crippen molar-refractivity contribution >= 4 is 17.6 Å². The zero-order valence-corrected chi connectivity index (χ0v) is 16.7. The number of hydrogen-bond acceptors (Lipinski definition) is 5. The molecule has 27 heavy (non-hydrogen) atoms. The van der Waals surface area contributed by atoms with Crippen LogP contribution in [0.3, 0.4) is 0 Å². The molecule has 2 unspecified atom stereocenters. The molecule has 1 aromatic rings. The van der Waals surface area contributed by atoms with E-state index in [0.29, 0.717) is 11.6 Å². The van der Waals surface area contributed by atoms with E-state index in [1.54, 1.807) is 12.1 Å². The Labute approximate surface area is 162 Å². The summed E-state index contributed by atoms with van der Waals surface area (Å²) in [4.78, 5) is 31.1. The van der Waals surface area contributed by atoms with Gasteiger partial charge < -0.3 is 14.5 Å². The van der Waals surface area contributed by atoms with Gasteiger partial charge in [-0.1, -0.05) is 0 Å². The third-order valence-electron chi connectivity index (χ3n) is 5.86. The molecule has 6 nitrogen and oxygen atoms in total. The second kappa shape index (κ2) is 8.74. The molecule has 0 saturated carbocycles. The monoisotopic (exact) mass is 373 g/mol. The highest BCUT2D eigenvalue weighted by Gasteiger charge is 2.33. The first kappa shape index (κ1) is 19.7. The number of methoxy groups -OCH3 is 1. The molecule has 2 atom stereocenters. The first-order chi connectivity index (χ1) is 13.0. The molecule has 0 aromatic heterocycles. The summed E-state index contributed by atoms with van der Waals surface area (Å²) in [6, 6.07) is 7.78. The van der Waals surface area contributed by atoms with E-state index in [2.05, 4.69) is 16.7 Å². The summed E-state index contributed by atoms with van der Waals surface area (Å²) in [6.07, 6.45) is 3.49. The lowest BCUT2D eigenvalue weighted by atomic mass is 10.1. The molecule has 0 aliphatic carbocycles. The molecule has 3 rings (SSSR count). The average molecular weight is 373 g/mol. The van der Waals surface area contributed by atoms with Crippen LogP contribution in [0.4, 0.5) is 5.69 Å². The van der Waals surface area contributed by atoms with E-state index in [0.717, 1.165) is 51.3 Å². The van der Waals surface area contributed by atoms with Crippen LogP contribution >= 0.6 is 0 Å². The summed E-state index contributed by atoms with van der Waals surface area (Å²) >= 11 is 0. The zero-order valence-electron chi connectivity index (χ0n) is 16.7. The fourth-order valence-electron chi connectivity index (χ4n) is 4.23. The first-order valence-electron chi connectivity index (χ1n) is 9.99. The molecule has 2 heterocycles. The second-order valence-corrected chi connectivity index (χ2v) is 7.63. The number of nitrogens with zero attached hydrogens (tertiary/aromatic N) is 3. The van der Waals surface area contributed by atoms with Crippen LogP contribution in [0.5, 0.6) is 0 Å². The number of anilines is 1. The van der Waals surface area contributed by atoms with Gasteiger partial charge in [-0.2, -0.15) is 0 Å². The molecule has 148 valence electrons. The SMILES string of the molecule is COC(=O)c1ccc(N2CCN(C(C)C(=O)N3CCCCC3)C(C)C2)cc1. The lowest BCUT2D eigenvalue weighted by Gasteiger charge is -2.44. The van der Waals surface area contributed by atoms with Crippen LogP contribution in [-0.2, 0) is 9.53 Å². The van der Waals surface area contributed by atoms with Gasteiger partial charge in [0.2, 0.25) is 5.91 Å². The van der Waals surface area contributed by atoms with Crippen molar-refractivity contribution in [2.75, 3.05) is 44.7 Å². The van der Waals surface area contributed by atoms with E-state index in [9.17, 15) is 9.59 Å². The molecule has 2 saturated heterocycles. The predicted octanol–water partition coefficient (Wildman–Crippen LogP) is 2.38. The molecular formula is C21H31N3O3. The van der Waals surface area contributed by atoms with Gasteiger partial charge in [0.1, 0.15) is 0 Å². The molecule has 1 aromatic carbocycles. The van der Waals surface area contributed by atoms with Crippen molar-refractivity contribution in [2.24, 2.45) is 0 Å². The Balaban J connectivity index is 1.59. The fourth-order valence-corrected chi connectivity index (χ4v) is 4.23. The number of ether oxygens (including phenoxy) is 1. The molecule has 0 spiro atoms. The second-order valence-electron chi connectivity index (χ2n) is 7.63. The molecule has 2 fully saturated rings. The number of piperazine rings is 1. The summed E-state index contributed by atoms with van der Waals surface area (Å²) < 4.78 is 4.76. The normalized spacial score (nSPS) is 22.4. The van der Waals surface area contributed by atoms with Gasteiger partial charge in [0.25, 0.3) is 0 Å². The third-order valence-corrected chi connectivity index (χ3v) is 5.86. The Kier molecular flexibility index (Phi) is 6.37. The first-order valence-corrected chi connectivity index (χ1v) is 9.99. The van der Waals surface area contributed by atoms with Gasteiger partial charge in [0.05, 0.1) is 18.7 Å². The number of piperidine rings is 1. The van der Waals surface area contributed by atoms with Crippen LogP contribution in [0.2, 0.25) is 0 Å². The summed E-state index contributed by atoms with van der Waals surface area (Å²) in [5.41, 5.74) is 1.66. The number of likely N-dealkylation sites (tertiary alicyclic amines) is 1. The molecule has 2 aliphatic rings. The summed E-state index contributed by atoms with van der Waals surface area (Å²) in [7, 11) is 1.39. The van der Waals surface area contributed by atoms with Crippen LogP contribution in [0.15, 0.2) is 24.3 Å². The van der Waals surface area contributed by atoms with Gasteiger partial charge in [0.15, 0.2) is 0 Å².